The maximum Gasteiger partial charge on any atom is 0.287 e. The quantitative estimate of drug-likeness (QED) is 0.646. The molecule has 2 heterocycles. The maximum absolute atomic E-state index is 12.4. The molecule has 0 fully saturated rings. The average Bonchev–Trinajstić information content (AvgIpc) is 3.16. The molecule has 8 nitrogen and oxygen atoms in total. The van der Waals surface area contributed by atoms with Gasteiger partial charge in [-0.15, -0.1) is 16.2 Å². The summed E-state index contributed by atoms with van der Waals surface area (Å²) in [4.78, 5) is 26.7. The van der Waals surface area contributed by atoms with Gasteiger partial charge in [0, 0.05) is 11.9 Å². The van der Waals surface area contributed by atoms with E-state index in [4.69, 9.17) is 0 Å². The largest absolute Gasteiger partial charge is 0.287 e. The lowest BCUT2D eigenvalue weighted by Gasteiger charge is -2.10. The number of sulfonamides is 1. The molecule has 10 heteroatoms. The van der Waals surface area contributed by atoms with E-state index in [0.29, 0.717) is 10.8 Å². The number of amides is 1. The number of fused-ring (bicyclic) bond motifs is 1. The molecule has 2 aromatic heterocycles. The second-order valence-electron chi connectivity index (χ2n) is 5.01. The number of carbonyl (C=O) groups is 1. The van der Waals surface area contributed by atoms with E-state index in [0.717, 1.165) is 16.0 Å². The second-order valence-corrected chi connectivity index (χ2v) is 7.86. The van der Waals surface area contributed by atoms with Gasteiger partial charge < -0.3 is 0 Å². The fourth-order valence-electron chi connectivity index (χ4n) is 2.26. The summed E-state index contributed by atoms with van der Waals surface area (Å²) in [5.74, 6) is -0.751. The van der Waals surface area contributed by atoms with E-state index >= 15 is 0 Å². The zero-order valence-corrected chi connectivity index (χ0v) is 14.7. The van der Waals surface area contributed by atoms with E-state index in [9.17, 15) is 18.0 Å². The van der Waals surface area contributed by atoms with Gasteiger partial charge in [-0.3, -0.25) is 15.0 Å². The predicted molar refractivity (Wildman–Crippen MR) is 93.8 cm³/mol. The Kier molecular flexibility index (Phi) is 4.66. The van der Waals surface area contributed by atoms with Gasteiger partial charge in [-0.25, -0.2) is 13.1 Å². The molecule has 25 heavy (non-hydrogen) atoms. The number of hydrogen-bond acceptors (Lipinski definition) is 6. The molecule has 3 rings (SSSR count). The molecular weight excluding hydrogens is 364 g/mol. The first kappa shape index (κ1) is 17.3. The van der Waals surface area contributed by atoms with Gasteiger partial charge in [-0.2, -0.15) is 5.10 Å². The summed E-state index contributed by atoms with van der Waals surface area (Å²) in [5, 5.41) is 6.35. The summed E-state index contributed by atoms with van der Waals surface area (Å²) >= 11 is 1.03. The van der Waals surface area contributed by atoms with Crippen molar-refractivity contribution < 1.29 is 13.2 Å². The second kappa shape index (κ2) is 6.75. The Morgan fingerprint density at radius 2 is 1.92 bits per heavy atom. The van der Waals surface area contributed by atoms with Crippen molar-refractivity contribution in [1.82, 2.24) is 20.0 Å². The van der Waals surface area contributed by atoms with Crippen LogP contribution < -0.4 is 15.8 Å². The van der Waals surface area contributed by atoms with E-state index in [1.165, 1.54) is 6.07 Å². The van der Waals surface area contributed by atoms with Crippen molar-refractivity contribution >= 4 is 38.0 Å². The topological polar surface area (TPSA) is 110 Å². The zero-order chi connectivity index (χ0) is 18.0. The summed E-state index contributed by atoms with van der Waals surface area (Å²) in [5.41, 5.74) is 1.79. The highest BCUT2D eigenvalue weighted by atomic mass is 32.2. The van der Waals surface area contributed by atoms with Crippen LogP contribution in [0.5, 0.6) is 0 Å². The first-order valence-corrected chi connectivity index (χ1v) is 9.66. The molecule has 2 N–H and O–H groups in total. The minimum Gasteiger partial charge on any atom is -0.272 e. The fraction of sp³-hybridized carbons (Fsp3) is 0.133. The predicted octanol–water partition coefficient (Wildman–Crippen LogP) is 1.10. The smallest absolute Gasteiger partial charge is 0.272 e. The zero-order valence-electron chi connectivity index (χ0n) is 13.1. The van der Waals surface area contributed by atoms with Crippen molar-refractivity contribution in [3.05, 3.63) is 57.8 Å². The van der Waals surface area contributed by atoms with Gasteiger partial charge in [-0.1, -0.05) is 24.3 Å². The van der Waals surface area contributed by atoms with Crippen LogP contribution in [0.25, 0.3) is 10.8 Å². The lowest BCUT2D eigenvalue weighted by Crippen LogP contribution is -2.42. The van der Waals surface area contributed by atoms with Gasteiger partial charge >= 0.3 is 0 Å². The third-order valence-corrected chi connectivity index (χ3v) is 6.09. The van der Waals surface area contributed by atoms with Crippen LogP contribution in [-0.2, 0) is 16.6 Å². The third-order valence-electron chi connectivity index (χ3n) is 3.44. The Morgan fingerprint density at radius 3 is 2.56 bits per heavy atom. The number of nitrogens with zero attached hydrogens (tertiary/aromatic N) is 2. The number of carbonyl (C=O) groups excluding carboxylic acids is 1. The summed E-state index contributed by atoms with van der Waals surface area (Å²) in [6.45, 7) is 2.01. The lowest BCUT2D eigenvalue weighted by molar-refractivity contribution is 0.0939. The van der Waals surface area contributed by atoms with Crippen LogP contribution in [0.15, 0.2) is 50.8 Å². The fourth-order valence-corrected chi connectivity index (χ4v) is 4.09. The minimum atomic E-state index is -3.86. The standard InChI is InChI=1S/C15H14N4O4S2/c1-2-19-15(21)11-7-4-3-6-10(11)13(17-19)14(20)16-18-25(22,23)12-8-5-9-24-12/h3-9,18H,2H2,1H3,(H,16,20). The van der Waals surface area contributed by atoms with Crippen LogP contribution in [0.1, 0.15) is 17.4 Å². The summed E-state index contributed by atoms with van der Waals surface area (Å²) in [6.07, 6.45) is 0. The van der Waals surface area contributed by atoms with Crippen molar-refractivity contribution in [1.29, 1.82) is 0 Å². The summed E-state index contributed by atoms with van der Waals surface area (Å²) in [6, 6.07) is 9.55. The average molecular weight is 378 g/mol. The van der Waals surface area contributed by atoms with Crippen LogP contribution >= 0.6 is 11.3 Å². The van der Waals surface area contributed by atoms with Gasteiger partial charge in [0.25, 0.3) is 21.5 Å². The van der Waals surface area contributed by atoms with Crippen molar-refractivity contribution in [2.24, 2.45) is 0 Å². The minimum absolute atomic E-state index is 0.0362. The maximum atomic E-state index is 12.4. The molecule has 0 aliphatic rings. The van der Waals surface area contributed by atoms with Crippen LogP contribution in [0.2, 0.25) is 0 Å². The van der Waals surface area contributed by atoms with Gasteiger partial charge in [-0.05, 0) is 24.4 Å². The SMILES string of the molecule is CCn1nc(C(=O)NNS(=O)(=O)c2cccs2)c2ccccc2c1=O. The number of benzene rings is 1. The molecule has 0 unspecified atom stereocenters. The Morgan fingerprint density at radius 1 is 1.20 bits per heavy atom. The Labute approximate surface area is 147 Å². The Balaban J connectivity index is 1.95. The monoisotopic (exact) mass is 378 g/mol. The molecule has 1 amide bonds. The summed E-state index contributed by atoms with van der Waals surface area (Å²) in [7, 11) is -3.86. The van der Waals surface area contributed by atoms with E-state index in [1.54, 1.807) is 42.6 Å². The van der Waals surface area contributed by atoms with Gasteiger partial charge in [0.1, 0.15) is 4.21 Å². The first-order valence-electron chi connectivity index (χ1n) is 7.29. The highest BCUT2D eigenvalue weighted by molar-refractivity contribution is 7.91. The molecule has 0 radical (unpaired) electrons. The van der Waals surface area contributed by atoms with Crippen molar-refractivity contribution in [2.75, 3.05) is 0 Å². The number of rotatable bonds is 5. The van der Waals surface area contributed by atoms with Crippen LogP contribution in [0.3, 0.4) is 0 Å². The number of hydrogen-bond donors (Lipinski definition) is 2. The number of nitrogens with one attached hydrogen (secondary N) is 2. The molecule has 0 aliphatic carbocycles. The lowest BCUT2D eigenvalue weighted by atomic mass is 10.1. The Bertz CT molecular complexity index is 1090. The molecule has 1 aromatic carbocycles. The van der Waals surface area contributed by atoms with Crippen LogP contribution in [0.4, 0.5) is 0 Å². The van der Waals surface area contributed by atoms with Gasteiger partial charge in [0.05, 0.1) is 5.39 Å². The highest BCUT2D eigenvalue weighted by Crippen LogP contribution is 2.15. The molecule has 0 aliphatic heterocycles. The van der Waals surface area contributed by atoms with E-state index in [1.807, 2.05) is 4.83 Å². The molecule has 0 saturated heterocycles. The van der Waals surface area contributed by atoms with E-state index in [2.05, 4.69) is 10.5 Å². The van der Waals surface area contributed by atoms with E-state index in [-0.39, 0.29) is 22.0 Å². The number of aromatic nitrogens is 2. The molecule has 0 spiro atoms. The molecule has 0 bridgehead atoms. The number of hydrazine groups is 1. The van der Waals surface area contributed by atoms with Gasteiger partial charge in [0.15, 0.2) is 5.69 Å². The highest BCUT2D eigenvalue weighted by Gasteiger charge is 2.20. The normalized spacial score (nSPS) is 11.6. The van der Waals surface area contributed by atoms with Gasteiger partial charge in [0.2, 0.25) is 0 Å². The van der Waals surface area contributed by atoms with E-state index < -0.39 is 15.9 Å². The van der Waals surface area contributed by atoms with Crippen LogP contribution in [-0.4, -0.2) is 24.1 Å². The van der Waals surface area contributed by atoms with Crippen molar-refractivity contribution in [3.63, 3.8) is 0 Å². The molecule has 0 atom stereocenters. The Hall–Kier alpha value is -2.56. The summed E-state index contributed by atoms with van der Waals surface area (Å²) < 4.78 is 25.4. The molecule has 130 valence electrons. The number of thiophene rings is 1. The first-order chi connectivity index (χ1) is 11.9. The third kappa shape index (κ3) is 3.31. The van der Waals surface area contributed by atoms with Crippen molar-refractivity contribution in [3.8, 4) is 0 Å². The van der Waals surface area contributed by atoms with Crippen molar-refractivity contribution in [2.45, 2.75) is 17.7 Å². The molecule has 0 saturated carbocycles. The van der Waals surface area contributed by atoms with Crippen LogP contribution in [0, 0.1) is 0 Å². The number of aryl methyl sites for hydroxylation is 1. The molecular formula is C15H14N4O4S2. The molecule has 3 aromatic rings.